The molecule has 0 aliphatic rings. The lowest BCUT2D eigenvalue weighted by atomic mass is 10.0. The predicted octanol–water partition coefficient (Wildman–Crippen LogP) is 4.06. The van der Waals surface area contributed by atoms with Gasteiger partial charge in [-0.3, -0.25) is 0 Å². The van der Waals surface area contributed by atoms with Gasteiger partial charge in [0.05, 0.1) is 0 Å². The second-order valence-electron chi connectivity index (χ2n) is 3.81. The van der Waals surface area contributed by atoms with Gasteiger partial charge in [0.1, 0.15) is 5.82 Å². The molecule has 0 aromatic heterocycles. The molecule has 2 N–H and O–H groups in total. The highest BCUT2D eigenvalue weighted by Gasteiger charge is 2.07. The fourth-order valence-electron chi connectivity index (χ4n) is 1.57. The fourth-order valence-corrected chi connectivity index (χ4v) is 1.80. The van der Waals surface area contributed by atoms with Crippen molar-refractivity contribution in [2.24, 2.45) is 5.73 Å². The van der Waals surface area contributed by atoms with Crippen LogP contribution in [0.15, 0.2) is 18.2 Å². The van der Waals surface area contributed by atoms with Crippen molar-refractivity contribution in [3.63, 3.8) is 0 Å². The Labute approximate surface area is 95.4 Å². The number of unbranched alkanes of at least 4 members (excludes halogenated alkanes) is 2. The van der Waals surface area contributed by atoms with Crippen molar-refractivity contribution >= 4 is 11.6 Å². The van der Waals surface area contributed by atoms with E-state index in [1.165, 1.54) is 12.1 Å². The maximum Gasteiger partial charge on any atom is 0.125 e. The van der Waals surface area contributed by atoms with E-state index in [9.17, 15) is 4.39 Å². The summed E-state index contributed by atoms with van der Waals surface area (Å²) >= 11 is 5.76. The third-order valence-electron chi connectivity index (χ3n) is 2.43. The molecule has 84 valence electrons. The molecule has 0 spiro atoms. The molecule has 1 rings (SSSR count). The lowest BCUT2D eigenvalue weighted by Gasteiger charge is -2.12. The van der Waals surface area contributed by atoms with Crippen LogP contribution in [0.2, 0.25) is 5.02 Å². The minimum Gasteiger partial charge on any atom is -0.324 e. The average molecular weight is 230 g/mol. The van der Waals surface area contributed by atoms with Crippen molar-refractivity contribution in [1.29, 1.82) is 0 Å². The molecule has 0 amide bonds. The van der Waals surface area contributed by atoms with Gasteiger partial charge in [0, 0.05) is 11.1 Å². The summed E-state index contributed by atoms with van der Waals surface area (Å²) in [5.41, 5.74) is 6.74. The molecule has 15 heavy (non-hydrogen) atoms. The second-order valence-corrected chi connectivity index (χ2v) is 4.24. The van der Waals surface area contributed by atoms with Crippen LogP contribution in [-0.4, -0.2) is 0 Å². The van der Waals surface area contributed by atoms with Gasteiger partial charge in [-0.05, 0) is 30.2 Å². The molecule has 0 bridgehead atoms. The second kappa shape index (κ2) is 6.09. The molecule has 0 saturated carbocycles. The van der Waals surface area contributed by atoms with Crippen LogP contribution >= 0.6 is 11.6 Å². The van der Waals surface area contributed by atoms with E-state index >= 15 is 0 Å². The van der Waals surface area contributed by atoms with Gasteiger partial charge in [0.2, 0.25) is 0 Å². The Balaban J connectivity index is 2.60. The molecule has 0 unspecified atom stereocenters. The summed E-state index contributed by atoms with van der Waals surface area (Å²) < 4.78 is 13.0. The molecule has 1 nitrogen and oxygen atoms in total. The Hall–Kier alpha value is -0.600. The SMILES string of the molecule is CCCCC[C@H](N)c1cc(F)cc(Cl)c1. The Bertz CT molecular complexity index is 294. The van der Waals surface area contributed by atoms with Crippen molar-refractivity contribution in [2.75, 3.05) is 0 Å². The van der Waals surface area contributed by atoms with Gasteiger partial charge in [0.25, 0.3) is 0 Å². The summed E-state index contributed by atoms with van der Waals surface area (Å²) in [4.78, 5) is 0. The number of benzene rings is 1. The molecule has 1 atom stereocenters. The Morgan fingerprint density at radius 2 is 2.07 bits per heavy atom. The zero-order valence-electron chi connectivity index (χ0n) is 8.97. The largest absolute Gasteiger partial charge is 0.324 e. The summed E-state index contributed by atoms with van der Waals surface area (Å²) in [6.45, 7) is 2.14. The first kappa shape index (κ1) is 12.5. The van der Waals surface area contributed by atoms with E-state index in [2.05, 4.69) is 6.92 Å². The Kier molecular flexibility index (Phi) is 5.06. The van der Waals surface area contributed by atoms with E-state index < -0.39 is 0 Å². The molecule has 0 aliphatic carbocycles. The van der Waals surface area contributed by atoms with E-state index in [4.69, 9.17) is 17.3 Å². The van der Waals surface area contributed by atoms with E-state index in [1.54, 1.807) is 6.07 Å². The van der Waals surface area contributed by atoms with Gasteiger partial charge in [-0.1, -0.05) is 37.8 Å². The highest BCUT2D eigenvalue weighted by molar-refractivity contribution is 6.30. The van der Waals surface area contributed by atoms with Crippen molar-refractivity contribution in [3.8, 4) is 0 Å². The minimum absolute atomic E-state index is 0.107. The summed E-state index contributed by atoms with van der Waals surface area (Å²) in [5.74, 6) is -0.316. The number of halogens is 2. The molecule has 0 saturated heterocycles. The first-order valence-corrected chi connectivity index (χ1v) is 5.73. The normalized spacial score (nSPS) is 12.8. The molecule has 1 aromatic rings. The van der Waals surface area contributed by atoms with Gasteiger partial charge in [0.15, 0.2) is 0 Å². The average Bonchev–Trinajstić information content (AvgIpc) is 2.16. The van der Waals surface area contributed by atoms with Crippen molar-refractivity contribution in [3.05, 3.63) is 34.6 Å². The Morgan fingerprint density at radius 3 is 2.67 bits per heavy atom. The summed E-state index contributed by atoms with van der Waals surface area (Å²) in [6, 6.07) is 4.39. The highest BCUT2D eigenvalue weighted by atomic mass is 35.5. The monoisotopic (exact) mass is 229 g/mol. The van der Waals surface area contributed by atoms with Crippen LogP contribution in [-0.2, 0) is 0 Å². The van der Waals surface area contributed by atoms with Gasteiger partial charge < -0.3 is 5.73 Å². The van der Waals surface area contributed by atoms with Crippen molar-refractivity contribution < 1.29 is 4.39 Å². The Morgan fingerprint density at radius 1 is 1.33 bits per heavy atom. The molecule has 0 fully saturated rings. The van der Waals surface area contributed by atoms with Gasteiger partial charge in [-0.2, -0.15) is 0 Å². The van der Waals surface area contributed by atoms with Crippen molar-refractivity contribution in [2.45, 2.75) is 38.6 Å². The van der Waals surface area contributed by atoms with Gasteiger partial charge >= 0.3 is 0 Å². The maximum atomic E-state index is 13.0. The van der Waals surface area contributed by atoms with Crippen LogP contribution in [0.25, 0.3) is 0 Å². The lowest BCUT2D eigenvalue weighted by Crippen LogP contribution is -2.10. The van der Waals surface area contributed by atoms with E-state index in [0.717, 1.165) is 31.2 Å². The molecular formula is C12H17ClFN. The van der Waals surface area contributed by atoms with Crippen LogP contribution in [0, 0.1) is 5.82 Å². The molecule has 3 heteroatoms. The zero-order chi connectivity index (χ0) is 11.3. The number of hydrogen-bond donors (Lipinski definition) is 1. The van der Waals surface area contributed by atoms with Crippen LogP contribution in [0.5, 0.6) is 0 Å². The number of nitrogens with two attached hydrogens (primary N) is 1. The molecule has 0 aliphatic heterocycles. The number of rotatable bonds is 5. The van der Waals surface area contributed by atoms with Crippen LogP contribution in [0.3, 0.4) is 0 Å². The van der Waals surface area contributed by atoms with Crippen LogP contribution in [0.4, 0.5) is 4.39 Å². The predicted molar refractivity (Wildman–Crippen MR) is 62.5 cm³/mol. The first-order chi connectivity index (χ1) is 7.13. The molecule has 0 heterocycles. The maximum absolute atomic E-state index is 13.0. The molecular weight excluding hydrogens is 213 g/mol. The van der Waals surface area contributed by atoms with Gasteiger partial charge in [-0.15, -0.1) is 0 Å². The minimum atomic E-state index is -0.316. The smallest absolute Gasteiger partial charge is 0.125 e. The van der Waals surface area contributed by atoms with Crippen molar-refractivity contribution in [1.82, 2.24) is 0 Å². The standard InChI is InChI=1S/C12H17ClFN/c1-2-3-4-5-12(15)9-6-10(13)8-11(14)7-9/h6-8,12H,2-5,15H2,1H3/t12-/m0/s1. The highest BCUT2D eigenvalue weighted by Crippen LogP contribution is 2.22. The van der Waals surface area contributed by atoms with Crippen LogP contribution < -0.4 is 5.73 Å². The van der Waals surface area contributed by atoms with E-state index in [0.29, 0.717) is 5.02 Å². The topological polar surface area (TPSA) is 26.0 Å². The van der Waals surface area contributed by atoms with E-state index in [-0.39, 0.29) is 11.9 Å². The first-order valence-electron chi connectivity index (χ1n) is 5.35. The number of hydrogen-bond acceptors (Lipinski definition) is 1. The van der Waals surface area contributed by atoms with Gasteiger partial charge in [-0.25, -0.2) is 4.39 Å². The third kappa shape index (κ3) is 4.18. The van der Waals surface area contributed by atoms with E-state index in [1.807, 2.05) is 0 Å². The third-order valence-corrected chi connectivity index (χ3v) is 2.65. The lowest BCUT2D eigenvalue weighted by molar-refractivity contribution is 0.572. The quantitative estimate of drug-likeness (QED) is 0.758. The molecule has 0 radical (unpaired) electrons. The summed E-state index contributed by atoms with van der Waals surface area (Å²) in [6.07, 6.45) is 4.28. The summed E-state index contributed by atoms with van der Waals surface area (Å²) in [5, 5.41) is 0.413. The molecule has 1 aromatic carbocycles. The fraction of sp³-hybridized carbons (Fsp3) is 0.500. The summed E-state index contributed by atoms with van der Waals surface area (Å²) in [7, 11) is 0. The van der Waals surface area contributed by atoms with Crippen LogP contribution in [0.1, 0.15) is 44.2 Å². The zero-order valence-corrected chi connectivity index (χ0v) is 9.73.